The van der Waals surface area contributed by atoms with Crippen LogP contribution in [-0.4, -0.2) is 26.7 Å². The highest BCUT2D eigenvalue weighted by atomic mass is 19.4. The van der Waals surface area contributed by atoms with E-state index in [1.165, 1.54) is 12.1 Å². The van der Waals surface area contributed by atoms with Crippen molar-refractivity contribution in [1.29, 1.82) is 0 Å². The molecule has 2 nitrogen and oxygen atoms in total. The third-order valence-electron chi connectivity index (χ3n) is 3.94. The van der Waals surface area contributed by atoms with Crippen molar-refractivity contribution in [1.82, 2.24) is 5.32 Å². The molecule has 1 aromatic rings. The molecule has 0 saturated carbocycles. The number of benzene rings is 1. The number of anilines is 1. The van der Waals surface area contributed by atoms with Gasteiger partial charge in [-0.1, -0.05) is 0 Å². The number of halogens is 3. The fraction of sp³-hybridized carbons (Fsp3) is 0.600. The number of rotatable bonds is 5. The Kier molecular flexibility index (Phi) is 4.58. The van der Waals surface area contributed by atoms with E-state index in [0.717, 1.165) is 43.7 Å². The van der Waals surface area contributed by atoms with E-state index in [2.05, 4.69) is 10.2 Å². The fourth-order valence-electron chi connectivity index (χ4n) is 2.88. The molecule has 1 aromatic carbocycles. The van der Waals surface area contributed by atoms with E-state index in [-0.39, 0.29) is 5.92 Å². The average molecular weight is 286 g/mol. The molecule has 5 heteroatoms. The quantitative estimate of drug-likeness (QED) is 0.832. The van der Waals surface area contributed by atoms with Gasteiger partial charge in [0.15, 0.2) is 0 Å². The third-order valence-corrected chi connectivity index (χ3v) is 3.94. The maximum atomic E-state index is 12.8. The van der Waals surface area contributed by atoms with Crippen LogP contribution in [0, 0.1) is 0 Å². The van der Waals surface area contributed by atoms with E-state index in [0.29, 0.717) is 0 Å². The van der Waals surface area contributed by atoms with Gasteiger partial charge in [-0.15, -0.1) is 0 Å². The Balaban J connectivity index is 2.25. The molecule has 1 heterocycles. The summed E-state index contributed by atoms with van der Waals surface area (Å²) in [6.07, 6.45) is -2.36. The predicted molar refractivity (Wildman–Crippen MR) is 75.2 cm³/mol. The topological polar surface area (TPSA) is 15.3 Å². The van der Waals surface area contributed by atoms with Gasteiger partial charge >= 0.3 is 6.18 Å². The van der Waals surface area contributed by atoms with Crippen molar-refractivity contribution in [2.45, 2.75) is 31.9 Å². The minimum Gasteiger partial charge on any atom is -0.371 e. The zero-order chi connectivity index (χ0) is 14.8. The Morgan fingerprint density at radius 1 is 1.35 bits per heavy atom. The summed E-state index contributed by atoms with van der Waals surface area (Å²) < 4.78 is 38.5. The molecule has 112 valence electrons. The first-order valence-electron chi connectivity index (χ1n) is 7.08. The molecule has 1 aliphatic rings. The highest BCUT2D eigenvalue weighted by molar-refractivity contribution is 5.61. The minimum atomic E-state index is -4.26. The van der Waals surface area contributed by atoms with Gasteiger partial charge in [0.25, 0.3) is 0 Å². The Morgan fingerprint density at radius 3 is 2.70 bits per heavy atom. The molecule has 0 spiro atoms. The first-order chi connectivity index (χ1) is 9.47. The van der Waals surface area contributed by atoms with Crippen molar-refractivity contribution in [2.24, 2.45) is 0 Å². The van der Waals surface area contributed by atoms with Gasteiger partial charge in [-0.3, -0.25) is 0 Å². The largest absolute Gasteiger partial charge is 0.416 e. The highest BCUT2D eigenvalue weighted by Gasteiger charge is 2.34. The van der Waals surface area contributed by atoms with Crippen LogP contribution >= 0.6 is 0 Å². The Morgan fingerprint density at radius 2 is 2.10 bits per heavy atom. The van der Waals surface area contributed by atoms with Gasteiger partial charge in [-0.05, 0) is 57.1 Å². The van der Waals surface area contributed by atoms with Crippen molar-refractivity contribution in [3.05, 3.63) is 29.3 Å². The predicted octanol–water partition coefficient (Wildman–Crippen LogP) is 3.63. The van der Waals surface area contributed by atoms with Crippen molar-refractivity contribution >= 4 is 5.69 Å². The van der Waals surface area contributed by atoms with E-state index in [1.54, 1.807) is 6.07 Å². The zero-order valence-corrected chi connectivity index (χ0v) is 11.9. The lowest BCUT2D eigenvalue weighted by Crippen LogP contribution is -2.21. The SMILES string of the molecule is CCN1CC(CCCNC)c2cc(C(F)(F)F)ccc21. The lowest BCUT2D eigenvalue weighted by Gasteiger charge is -2.17. The molecule has 1 unspecified atom stereocenters. The van der Waals surface area contributed by atoms with E-state index in [9.17, 15) is 13.2 Å². The molecular formula is C15H21F3N2. The van der Waals surface area contributed by atoms with Crippen LogP contribution in [0.4, 0.5) is 18.9 Å². The summed E-state index contributed by atoms with van der Waals surface area (Å²) in [6.45, 7) is 4.60. The number of hydrogen-bond acceptors (Lipinski definition) is 2. The van der Waals surface area contributed by atoms with Gasteiger partial charge in [0.05, 0.1) is 5.56 Å². The molecule has 1 N–H and O–H groups in total. The molecule has 0 fully saturated rings. The summed E-state index contributed by atoms with van der Waals surface area (Å²) >= 11 is 0. The summed E-state index contributed by atoms with van der Waals surface area (Å²) in [5.74, 6) is 0.209. The van der Waals surface area contributed by atoms with Crippen LogP contribution in [0.1, 0.15) is 36.8 Å². The second-order valence-corrected chi connectivity index (χ2v) is 5.25. The molecule has 1 aliphatic heterocycles. The molecular weight excluding hydrogens is 265 g/mol. The van der Waals surface area contributed by atoms with Gasteiger partial charge in [0.1, 0.15) is 0 Å². The lowest BCUT2D eigenvalue weighted by atomic mass is 9.94. The van der Waals surface area contributed by atoms with Gasteiger partial charge in [-0.25, -0.2) is 0 Å². The normalized spacial score (nSPS) is 18.4. The van der Waals surface area contributed by atoms with Crippen LogP contribution < -0.4 is 10.2 Å². The van der Waals surface area contributed by atoms with E-state index < -0.39 is 11.7 Å². The second kappa shape index (κ2) is 6.04. The molecule has 0 aromatic heterocycles. The van der Waals surface area contributed by atoms with E-state index >= 15 is 0 Å². The molecule has 0 saturated heterocycles. The van der Waals surface area contributed by atoms with E-state index in [1.807, 2.05) is 14.0 Å². The van der Waals surface area contributed by atoms with Gasteiger partial charge in [0, 0.05) is 24.7 Å². The Bertz CT molecular complexity index is 457. The first-order valence-corrected chi connectivity index (χ1v) is 7.08. The standard InChI is InChI=1S/C15H21F3N2/c1-3-20-10-11(5-4-8-19-2)13-9-12(15(16,17)18)6-7-14(13)20/h6-7,9,11,19H,3-5,8,10H2,1-2H3. The maximum Gasteiger partial charge on any atom is 0.416 e. The number of hydrogen-bond donors (Lipinski definition) is 1. The number of fused-ring (bicyclic) bond motifs is 1. The number of likely N-dealkylation sites (N-methyl/N-ethyl adjacent to an activating group) is 1. The molecule has 0 aliphatic carbocycles. The van der Waals surface area contributed by atoms with Crippen molar-refractivity contribution < 1.29 is 13.2 Å². The van der Waals surface area contributed by atoms with Crippen molar-refractivity contribution in [3.63, 3.8) is 0 Å². The summed E-state index contributed by atoms with van der Waals surface area (Å²) in [5, 5.41) is 3.08. The van der Waals surface area contributed by atoms with Crippen LogP contribution in [0.3, 0.4) is 0 Å². The molecule has 0 amide bonds. The fourth-order valence-corrected chi connectivity index (χ4v) is 2.88. The molecule has 0 radical (unpaired) electrons. The smallest absolute Gasteiger partial charge is 0.371 e. The van der Waals surface area contributed by atoms with Crippen LogP contribution in [-0.2, 0) is 6.18 Å². The maximum absolute atomic E-state index is 12.8. The molecule has 20 heavy (non-hydrogen) atoms. The van der Waals surface area contributed by atoms with Crippen molar-refractivity contribution in [2.75, 3.05) is 31.6 Å². The van der Waals surface area contributed by atoms with E-state index in [4.69, 9.17) is 0 Å². The zero-order valence-electron chi connectivity index (χ0n) is 11.9. The number of alkyl halides is 3. The first kappa shape index (κ1) is 15.2. The van der Waals surface area contributed by atoms with Crippen LogP contribution in [0.5, 0.6) is 0 Å². The monoisotopic (exact) mass is 286 g/mol. The van der Waals surface area contributed by atoms with Crippen LogP contribution in [0.15, 0.2) is 18.2 Å². The number of nitrogens with one attached hydrogen (secondary N) is 1. The van der Waals surface area contributed by atoms with Crippen LogP contribution in [0.25, 0.3) is 0 Å². The van der Waals surface area contributed by atoms with Gasteiger partial charge < -0.3 is 10.2 Å². The summed E-state index contributed by atoms with van der Waals surface area (Å²) in [5.41, 5.74) is 1.29. The average Bonchev–Trinajstić information content (AvgIpc) is 2.76. The number of nitrogens with zero attached hydrogens (tertiary/aromatic N) is 1. The van der Waals surface area contributed by atoms with Gasteiger partial charge in [0.2, 0.25) is 0 Å². The molecule has 0 bridgehead atoms. The lowest BCUT2D eigenvalue weighted by molar-refractivity contribution is -0.137. The molecule has 1 atom stereocenters. The Labute approximate surface area is 118 Å². The summed E-state index contributed by atoms with van der Waals surface area (Å²) in [4.78, 5) is 2.17. The van der Waals surface area contributed by atoms with Gasteiger partial charge in [-0.2, -0.15) is 13.2 Å². The van der Waals surface area contributed by atoms with Crippen molar-refractivity contribution in [3.8, 4) is 0 Å². The summed E-state index contributed by atoms with van der Waals surface area (Å²) in [6, 6.07) is 4.16. The Hall–Kier alpha value is -1.23. The second-order valence-electron chi connectivity index (χ2n) is 5.25. The highest BCUT2D eigenvalue weighted by Crippen LogP contribution is 2.41. The third kappa shape index (κ3) is 3.08. The molecule has 2 rings (SSSR count). The minimum absolute atomic E-state index is 0.209. The van der Waals surface area contributed by atoms with Crippen LogP contribution in [0.2, 0.25) is 0 Å². The summed E-state index contributed by atoms with van der Waals surface area (Å²) in [7, 11) is 1.89.